The maximum atomic E-state index is 4.72. The van der Waals surface area contributed by atoms with Crippen LogP contribution in [0.25, 0.3) is 0 Å². The van der Waals surface area contributed by atoms with Gasteiger partial charge in [-0.1, -0.05) is 29.8 Å². The van der Waals surface area contributed by atoms with Crippen LogP contribution in [0.5, 0.6) is 0 Å². The van der Waals surface area contributed by atoms with Gasteiger partial charge in [-0.25, -0.2) is 0 Å². The first-order valence-electron chi connectivity index (χ1n) is 6.93. The summed E-state index contributed by atoms with van der Waals surface area (Å²) in [5.74, 6) is 1.23. The van der Waals surface area contributed by atoms with E-state index in [4.69, 9.17) is 4.99 Å². The van der Waals surface area contributed by atoms with Gasteiger partial charge in [0.25, 0.3) is 0 Å². The number of rotatable bonds is 2. The van der Waals surface area contributed by atoms with Crippen molar-refractivity contribution in [3.8, 4) is 0 Å². The lowest BCUT2D eigenvalue weighted by Crippen LogP contribution is -2.51. The molecule has 18 heavy (non-hydrogen) atoms. The maximum Gasteiger partial charge on any atom is 0.196 e. The van der Waals surface area contributed by atoms with Gasteiger partial charge in [0, 0.05) is 32.7 Å². The topological polar surface area (TPSA) is 18.8 Å². The zero-order chi connectivity index (χ0) is 12.4. The van der Waals surface area contributed by atoms with E-state index < -0.39 is 0 Å². The molecule has 3 heteroatoms. The lowest BCUT2D eigenvalue weighted by molar-refractivity contribution is 0.239. The minimum absolute atomic E-state index is 0.996. The normalized spacial score (nSPS) is 19.5. The third kappa shape index (κ3) is 2.35. The first kappa shape index (κ1) is 11.6. The molecule has 3 nitrogen and oxygen atoms in total. The molecule has 0 aromatic heterocycles. The molecule has 0 spiro atoms. The van der Waals surface area contributed by atoms with E-state index in [9.17, 15) is 0 Å². The van der Waals surface area contributed by atoms with Gasteiger partial charge in [-0.2, -0.15) is 0 Å². The van der Waals surface area contributed by atoms with Crippen molar-refractivity contribution < 1.29 is 0 Å². The molecule has 96 valence electrons. The number of hydrogen-bond acceptors (Lipinski definition) is 3. The van der Waals surface area contributed by atoms with Crippen LogP contribution >= 0.6 is 0 Å². The predicted octanol–water partition coefficient (Wildman–Crippen LogP) is 2.26. The Kier molecular flexibility index (Phi) is 3.22. The molecule has 0 amide bonds. The molecule has 2 aliphatic heterocycles. The molecule has 1 aromatic carbocycles. The van der Waals surface area contributed by atoms with Crippen molar-refractivity contribution >= 4 is 5.96 Å². The zero-order valence-electron chi connectivity index (χ0n) is 11.1. The van der Waals surface area contributed by atoms with Gasteiger partial charge < -0.3 is 9.80 Å². The molecule has 1 fully saturated rings. The van der Waals surface area contributed by atoms with E-state index in [0.717, 1.165) is 19.6 Å². The summed E-state index contributed by atoms with van der Waals surface area (Å²) in [5, 5.41) is 0. The average molecular weight is 243 g/mol. The summed E-state index contributed by atoms with van der Waals surface area (Å²) in [6.45, 7) is 7.64. The molecule has 2 aliphatic rings. The lowest BCUT2D eigenvalue weighted by Gasteiger charge is -2.41. The van der Waals surface area contributed by atoms with E-state index in [1.54, 1.807) is 0 Å². The Labute approximate surface area is 109 Å². The fourth-order valence-electron chi connectivity index (χ4n) is 2.77. The second kappa shape index (κ2) is 5.01. The van der Waals surface area contributed by atoms with Gasteiger partial charge in [-0.3, -0.25) is 4.99 Å². The van der Waals surface area contributed by atoms with Gasteiger partial charge in [0.1, 0.15) is 0 Å². The van der Waals surface area contributed by atoms with Crippen LogP contribution in [-0.2, 0) is 6.54 Å². The van der Waals surface area contributed by atoms with Crippen LogP contribution in [0.1, 0.15) is 24.0 Å². The molecular weight excluding hydrogens is 222 g/mol. The number of nitrogens with zero attached hydrogens (tertiary/aromatic N) is 3. The Bertz CT molecular complexity index is 436. The molecule has 0 saturated carbocycles. The molecule has 1 saturated heterocycles. The number of aryl methyl sites for hydroxylation is 1. The van der Waals surface area contributed by atoms with Gasteiger partial charge in [0.2, 0.25) is 0 Å². The van der Waals surface area contributed by atoms with Crippen molar-refractivity contribution in [2.75, 3.05) is 26.2 Å². The van der Waals surface area contributed by atoms with E-state index in [0.29, 0.717) is 0 Å². The number of fused-ring (bicyclic) bond motifs is 1. The highest BCUT2D eigenvalue weighted by Crippen LogP contribution is 2.17. The molecule has 2 heterocycles. The van der Waals surface area contributed by atoms with E-state index in [-0.39, 0.29) is 0 Å². The van der Waals surface area contributed by atoms with Gasteiger partial charge in [-0.05, 0) is 25.3 Å². The highest BCUT2D eigenvalue weighted by molar-refractivity contribution is 5.81. The molecule has 3 rings (SSSR count). The van der Waals surface area contributed by atoms with Gasteiger partial charge in [-0.15, -0.1) is 0 Å². The number of benzene rings is 1. The predicted molar refractivity (Wildman–Crippen MR) is 74.7 cm³/mol. The summed E-state index contributed by atoms with van der Waals surface area (Å²) < 4.78 is 0. The summed E-state index contributed by atoms with van der Waals surface area (Å²) >= 11 is 0. The number of hydrogen-bond donors (Lipinski definition) is 0. The van der Waals surface area contributed by atoms with Crippen LogP contribution in [-0.4, -0.2) is 41.9 Å². The second-order valence-electron chi connectivity index (χ2n) is 5.28. The van der Waals surface area contributed by atoms with Crippen LogP contribution < -0.4 is 0 Å². The maximum absolute atomic E-state index is 4.72. The first-order chi connectivity index (χ1) is 8.83. The Morgan fingerprint density at radius 1 is 1.06 bits per heavy atom. The largest absolute Gasteiger partial charge is 0.343 e. The average Bonchev–Trinajstić information content (AvgIpc) is 2.42. The highest BCUT2D eigenvalue weighted by atomic mass is 15.4. The fourth-order valence-corrected chi connectivity index (χ4v) is 2.77. The third-order valence-corrected chi connectivity index (χ3v) is 3.76. The van der Waals surface area contributed by atoms with Crippen LogP contribution in [0.4, 0.5) is 0 Å². The van der Waals surface area contributed by atoms with Crippen molar-refractivity contribution in [3.05, 3.63) is 35.4 Å². The van der Waals surface area contributed by atoms with Crippen LogP contribution in [0, 0.1) is 6.92 Å². The smallest absolute Gasteiger partial charge is 0.196 e. The van der Waals surface area contributed by atoms with Gasteiger partial charge in [0.15, 0.2) is 5.96 Å². The molecule has 0 radical (unpaired) electrons. The number of guanidine groups is 1. The molecule has 0 N–H and O–H groups in total. The molecule has 0 aliphatic carbocycles. The molecule has 0 atom stereocenters. The van der Waals surface area contributed by atoms with E-state index in [2.05, 4.69) is 41.0 Å². The second-order valence-corrected chi connectivity index (χ2v) is 5.28. The lowest BCUT2D eigenvalue weighted by atomic mass is 10.1. The minimum Gasteiger partial charge on any atom is -0.343 e. The minimum atomic E-state index is 0.996. The molecule has 0 unspecified atom stereocenters. The standard InChI is InChI=1S/C15H21N3/c1-13-4-6-14(7-5-13)12-18-11-3-10-17-9-2-8-16-15(17)18/h4-7H,2-3,8-12H2,1H3. The fraction of sp³-hybridized carbons (Fsp3) is 0.533. The van der Waals surface area contributed by atoms with Crippen molar-refractivity contribution in [3.63, 3.8) is 0 Å². The molecule has 1 aromatic rings. The van der Waals surface area contributed by atoms with Gasteiger partial charge in [0.05, 0.1) is 0 Å². The molecule has 0 bridgehead atoms. The van der Waals surface area contributed by atoms with E-state index in [1.807, 2.05) is 0 Å². The van der Waals surface area contributed by atoms with Gasteiger partial charge >= 0.3 is 0 Å². The number of aliphatic imine (C=N–C) groups is 1. The van der Waals surface area contributed by atoms with Crippen molar-refractivity contribution in [1.29, 1.82) is 0 Å². The van der Waals surface area contributed by atoms with Crippen molar-refractivity contribution in [2.24, 2.45) is 4.99 Å². The van der Waals surface area contributed by atoms with E-state index in [1.165, 1.54) is 43.0 Å². The van der Waals surface area contributed by atoms with Crippen LogP contribution in [0.2, 0.25) is 0 Å². The molecular formula is C15H21N3. The SMILES string of the molecule is Cc1ccc(CN2CCCN3CCCN=C32)cc1. The Morgan fingerprint density at radius 2 is 1.83 bits per heavy atom. The van der Waals surface area contributed by atoms with Crippen molar-refractivity contribution in [1.82, 2.24) is 9.80 Å². The Balaban J connectivity index is 1.75. The first-order valence-corrected chi connectivity index (χ1v) is 6.93. The summed E-state index contributed by atoms with van der Waals surface area (Å²) in [6, 6.07) is 8.86. The summed E-state index contributed by atoms with van der Waals surface area (Å²) in [4.78, 5) is 9.60. The summed E-state index contributed by atoms with van der Waals surface area (Å²) in [6.07, 6.45) is 2.47. The monoisotopic (exact) mass is 243 g/mol. The van der Waals surface area contributed by atoms with Crippen LogP contribution in [0.15, 0.2) is 29.3 Å². The Hall–Kier alpha value is -1.51. The summed E-state index contributed by atoms with van der Waals surface area (Å²) in [5.41, 5.74) is 2.71. The third-order valence-electron chi connectivity index (χ3n) is 3.76. The van der Waals surface area contributed by atoms with Crippen molar-refractivity contribution in [2.45, 2.75) is 26.3 Å². The van der Waals surface area contributed by atoms with E-state index >= 15 is 0 Å². The summed E-state index contributed by atoms with van der Waals surface area (Å²) in [7, 11) is 0. The quantitative estimate of drug-likeness (QED) is 0.793. The highest BCUT2D eigenvalue weighted by Gasteiger charge is 2.25. The Morgan fingerprint density at radius 3 is 2.67 bits per heavy atom. The zero-order valence-corrected chi connectivity index (χ0v) is 11.1. The van der Waals surface area contributed by atoms with Crippen LogP contribution in [0.3, 0.4) is 0 Å².